The lowest BCUT2D eigenvalue weighted by molar-refractivity contribution is -0.139. The van der Waals surface area contributed by atoms with Crippen LogP contribution in [0.1, 0.15) is 29.2 Å². The van der Waals surface area contributed by atoms with Crippen LogP contribution in [0.4, 0.5) is 0 Å². The third kappa shape index (κ3) is 8.16. The first-order valence-electron chi connectivity index (χ1n) is 16.0. The molecule has 0 N–H and O–H groups in total. The number of aromatic nitrogens is 2. The molecule has 1 atom stereocenters. The van der Waals surface area contributed by atoms with Crippen LogP contribution in [0.25, 0.3) is 11.1 Å². The van der Waals surface area contributed by atoms with E-state index in [1.165, 1.54) is 0 Å². The number of fused-ring (bicyclic) bond motifs is 3. The topological polar surface area (TPSA) is 88.1 Å². The summed E-state index contributed by atoms with van der Waals surface area (Å²) in [6.07, 6.45) is 7.95. The van der Waals surface area contributed by atoms with Crippen molar-refractivity contribution in [2.75, 3.05) is 52.5 Å². The summed E-state index contributed by atoms with van der Waals surface area (Å²) in [6, 6.07) is 22.7. The fraction of sp³-hybridized carbons (Fsp3) is 0.351. The molecular formula is C37H41N5O4. The van der Waals surface area contributed by atoms with Crippen molar-refractivity contribution < 1.29 is 19.1 Å². The minimum Gasteiger partial charge on any atom is -0.491 e. The zero-order chi connectivity index (χ0) is 31.7. The van der Waals surface area contributed by atoms with Gasteiger partial charge in [-0.2, -0.15) is 0 Å². The normalized spacial score (nSPS) is 18.1. The summed E-state index contributed by atoms with van der Waals surface area (Å²) in [7, 11) is 0. The lowest BCUT2D eigenvalue weighted by Crippen LogP contribution is -2.45. The van der Waals surface area contributed by atoms with Gasteiger partial charge in [0, 0.05) is 89.5 Å². The Hall–Kier alpha value is -4.60. The van der Waals surface area contributed by atoms with Crippen molar-refractivity contribution in [1.82, 2.24) is 24.7 Å². The summed E-state index contributed by atoms with van der Waals surface area (Å²) in [5.41, 5.74) is 6.51. The number of carbonyl (C=O) groups is 2. The van der Waals surface area contributed by atoms with Gasteiger partial charge in [0.2, 0.25) is 11.8 Å². The molecule has 9 nitrogen and oxygen atoms in total. The van der Waals surface area contributed by atoms with Crippen molar-refractivity contribution in [3.63, 3.8) is 0 Å². The Labute approximate surface area is 270 Å². The average molecular weight is 620 g/mol. The van der Waals surface area contributed by atoms with Crippen LogP contribution in [-0.4, -0.2) is 89.0 Å². The molecule has 2 bridgehead atoms. The Bertz CT molecular complexity index is 1620. The largest absolute Gasteiger partial charge is 0.491 e. The maximum absolute atomic E-state index is 14.3. The van der Waals surface area contributed by atoms with Crippen LogP contribution in [0.15, 0.2) is 91.5 Å². The van der Waals surface area contributed by atoms with Crippen molar-refractivity contribution in [3.05, 3.63) is 114 Å². The number of nitrogens with zero attached hydrogens (tertiary/aromatic N) is 5. The Kier molecular flexibility index (Phi) is 10.3. The number of benzene rings is 2. The van der Waals surface area contributed by atoms with Crippen molar-refractivity contribution >= 4 is 11.8 Å². The van der Waals surface area contributed by atoms with E-state index >= 15 is 0 Å². The lowest BCUT2D eigenvalue weighted by atomic mass is 9.98. The Morgan fingerprint density at radius 1 is 0.804 bits per heavy atom. The van der Waals surface area contributed by atoms with Gasteiger partial charge in [0.05, 0.1) is 19.1 Å². The van der Waals surface area contributed by atoms with Gasteiger partial charge in [0.25, 0.3) is 0 Å². The molecule has 1 fully saturated rings. The molecule has 4 heterocycles. The van der Waals surface area contributed by atoms with Gasteiger partial charge >= 0.3 is 0 Å². The van der Waals surface area contributed by atoms with Gasteiger partial charge in [0.1, 0.15) is 12.4 Å². The maximum Gasteiger partial charge on any atom is 0.229 e. The monoisotopic (exact) mass is 619 g/mol. The van der Waals surface area contributed by atoms with E-state index < -0.39 is 0 Å². The minimum atomic E-state index is -0.355. The first-order chi connectivity index (χ1) is 22.5. The second kappa shape index (κ2) is 15.1. The van der Waals surface area contributed by atoms with Crippen molar-refractivity contribution in [2.45, 2.75) is 26.4 Å². The van der Waals surface area contributed by atoms with E-state index in [1.54, 1.807) is 19.3 Å². The second-order valence-corrected chi connectivity index (χ2v) is 12.0. The number of amides is 2. The molecule has 2 aliphatic heterocycles. The van der Waals surface area contributed by atoms with Crippen LogP contribution in [0.5, 0.6) is 5.75 Å². The van der Waals surface area contributed by atoms with E-state index in [2.05, 4.69) is 57.3 Å². The molecule has 1 saturated heterocycles. The van der Waals surface area contributed by atoms with E-state index in [0.717, 1.165) is 39.1 Å². The van der Waals surface area contributed by atoms with Crippen LogP contribution in [-0.2, 0) is 33.8 Å². The van der Waals surface area contributed by atoms with E-state index in [-0.39, 0.29) is 17.7 Å². The molecule has 2 amide bonds. The quantitative estimate of drug-likeness (QED) is 0.334. The highest BCUT2D eigenvalue weighted by Gasteiger charge is 2.32. The maximum atomic E-state index is 14.3. The smallest absolute Gasteiger partial charge is 0.229 e. The summed E-state index contributed by atoms with van der Waals surface area (Å²) < 4.78 is 12.2. The number of ether oxygens (including phenoxy) is 2. The first-order valence-corrected chi connectivity index (χ1v) is 16.0. The minimum absolute atomic E-state index is 0.00923. The van der Waals surface area contributed by atoms with Gasteiger partial charge in [-0.1, -0.05) is 42.5 Å². The number of carbonyl (C=O) groups excluding carboxylic acids is 2. The molecule has 2 aliphatic rings. The summed E-state index contributed by atoms with van der Waals surface area (Å²) in [5.74, 6) is 0.513. The Morgan fingerprint density at radius 3 is 2.46 bits per heavy atom. The summed E-state index contributed by atoms with van der Waals surface area (Å²) in [5, 5.41) is 0. The molecule has 2 aromatic heterocycles. The molecule has 0 radical (unpaired) electrons. The summed E-state index contributed by atoms with van der Waals surface area (Å²) >= 11 is 0. The second-order valence-electron chi connectivity index (χ2n) is 12.0. The van der Waals surface area contributed by atoms with E-state index in [1.807, 2.05) is 46.5 Å². The van der Waals surface area contributed by atoms with Crippen LogP contribution >= 0.6 is 0 Å². The first kappa shape index (κ1) is 31.4. The van der Waals surface area contributed by atoms with Crippen molar-refractivity contribution in [2.24, 2.45) is 5.92 Å². The highest BCUT2D eigenvalue weighted by atomic mass is 16.5. The van der Waals surface area contributed by atoms with E-state index in [4.69, 9.17) is 9.47 Å². The van der Waals surface area contributed by atoms with Gasteiger partial charge in [-0.3, -0.25) is 24.5 Å². The van der Waals surface area contributed by atoms with E-state index in [9.17, 15) is 9.59 Å². The SMILES string of the molecule is CC(=O)N1CCN(Cc2cccnc2)CC(C(=O)N2CCOCCOc3ccc(-c4cccnc4)cc3Cc3cccc(c3)C2)C1. The average Bonchev–Trinajstić information content (AvgIpc) is 3.29. The highest BCUT2D eigenvalue weighted by Crippen LogP contribution is 2.29. The van der Waals surface area contributed by atoms with Gasteiger partial charge in [-0.15, -0.1) is 0 Å². The molecule has 4 aromatic rings. The summed E-state index contributed by atoms with van der Waals surface area (Å²) in [6.45, 7) is 6.66. The number of hydrogen-bond acceptors (Lipinski definition) is 7. The molecule has 238 valence electrons. The van der Waals surface area contributed by atoms with Crippen LogP contribution in [0.3, 0.4) is 0 Å². The van der Waals surface area contributed by atoms with Gasteiger partial charge < -0.3 is 19.3 Å². The molecule has 2 aromatic carbocycles. The standard InChI is InChI=1S/C37H41N5O4/c1-28(43)41-14-13-40(24-31-7-3-11-38-22-31)26-35(27-41)37(44)42-15-16-45-17-18-46-36-10-9-32(33-8-4-12-39-23-33)21-34(36)20-29-5-2-6-30(19-29)25-42/h2-12,19,21-23,35H,13-18,20,24-27H2,1H3. The molecular weight excluding hydrogens is 578 g/mol. The Morgan fingerprint density at radius 2 is 1.65 bits per heavy atom. The van der Waals surface area contributed by atoms with Crippen molar-refractivity contribution in [3.8, 4) is 16.9 Å². The molecule has 1 unspecified atom stereocenters. The fourth-order valence-electron chi connectivity index (χ4n) is 6.28. The predicted octanol–water partition coefficient (Wildman–Crippen LogP) is 4.45. The fourth-order valence-corrected chi connectivity index (χ4v) is 6.28. The van der Waals surface area contributed by atoms with Gasteiger partial charge in [-0.25, -0.2) is 0 Å². The zero-order valence-electron chi connectivity index (χ0n) is 26.4. The predicted molar refractivity (Wildman–Crippen MR) is 176 cm³/mol. The number of hydrogen-bond donors (Lipinski definition) is 0. The zero-order valence-corrected chi connectivity index (χ0v) is 26.4. The van der Waals surface area contributed by atoms with Crippen molar-refractivity contribution in [1.29, 1.82) is 0 Å². The molecule has 46 heavy (non-hydrogen) atoms. The van der Waals surface area contributed by atoms with Crippen LogP contribution in [0.2, 0.25) is 0 Å². The molecule has 0 saturated carbocycles. The number of pyridine rings is 2. The van der Waals surface area contributed by atoms with E-state index in [0.29, 0.717) is 72.1 Å². The van der Waals surface area contributed by atoms with Crippen LogP contribution < -0.4 is 4.74 Å². The molecule has 6 rings (SSSR count). The molecule has 0 aliphatic carbocycles. The summed E-state index contributed by atoms with van der Waals surface area (Å²) in [4.78, 5) is 41.3. The lowest BCUT2D eigenvalue weighted by Gasteiger charge is -2.30. The van der Waals surface area contributed by atoms with Crippen LogP contribution in [0, 0.1) is 5.92 Å². The number of rotatable bonds is 4. The van der Waals surface area contributed by atoms with Gasteiger partial charge in [-0.05, 0) is 52.1 Å². The van der Waals surface area contributed by atoms with Gasteiger partial charge in [0.15, 0.2) is 0 Å². The Balaban J connectivity index is 1.24. The molecule has 9 heteroatoms. The highest BCUT2D eigenvalue weighted by molar-refractivity contribution is 5.81. The molecule has 0 spiro atoms. The third-order valence-electron chi connectivity index (χ3n) is 8.65. The third-order valence-corrected chi connectivity index (χ3v) is 8.65.